The summed E-state index contributed by atoms with van der Waals surface area (Å²) in [5, 5.41) is 6.40. The average Bonchev–Trinajstić information content (AvgIpc) is 3.18. The third-order valence-electron chi connectivity index (χ3n) is 6.30. The van der Waals surface area contributed by atoms with Gasteiger partial charge in [-0.1, -0.05) is 6.07 Å². The van der Waals surface area contributed by atoms with E-state index in [-0.39, 0.29) is 23.2 Å². The van der Waals surface area contributed by atoms with Gasteiger partial charge in [-0.15, -0.1) is 0 Å². The molecule has 0 saturated carbocycles. The Bertz CT molecular complexity index is 1330. The molecule has 0 unspecified atom stereocenters. The van der Waals surface area contributed by atoms with E-state index in [0.29, 0.717) is 28.6 Å². The summed E-state index contributed by atoms with van der Waals surface area (Å²) in [7, 11) is 0. The zero-order chi connectivity index (χ0) is 23.8. The van der Waals surface area contributed by atoms with E-state index in [4.69, 9.17) is 0 Å². The molecule has 0 bridgehead atoms. The Balaban J connectivity index is 1.45. The second-order valence-electron chi connectivity index (χ2n) is 8.96. The van der Waals surface area contributed by atoms with E-state index in [1.807, 2.05) is 37.6 Å². The molecule has 0 radical (unpaired) electrons. The third-order valence-corrected chi connectivity index (χ3v) is 6.30. The number of nitrogens with zero attached hydrogens (tertiary/aromatic N) is 5. The molecule has 1 aromatic carbocycles. The molecule has 0 amide bonds. The van der Waals surface area contributed by atoms with Gasteiger partial charge in [0.05, 0.1) is 11.7 Å². The van der Waals surface area contributed by atoms with Crippen LogP contribution >= 0.6 is 0 Å². The number of aryl methyl sites for hydroxylation is 1. The third kappa shape index (κ3) is 4.23. The zero-order valence-corrected chi connectivity index (χ0v) is 19.4. The van der Waals surface area contributed by atoms with Crippen LogP contribution in [0.15, 0.2) is 36.7 Å². The molecule has 0 spiro atoms. The number of piperidine rings is 1. The van der Waals surface area contributed by atoms with Crippen LogP contribution in [-0.4, -0.2) is 37.6 Å². The van der Waals surface area contributed by atoms with Gasteiger partial charge in [-0.25, -0.2) is 28.7 Å². The van der Waals surface area contributed by atoms with E-state index in [1.54, 1.807) is 6.07 Å². The number of halogens is 2. The monoisotopic (exact) mass is 463 g/mol. The van der Waals surface area contributed by atoms with Gasteiger partial charge in [-0.05, 0) is 76.4 Å². The minimum Gasteiger partial charge on any atom is -0.326 e. The number of anilines is 2. The van der Waals surface area contributed by atoms with Crippen molar-refractivity contribution in [3.63, 3.8) is 0 Å². The second kappa shape index (κ2) is 9.06. The van der Waals surface area contributed by atoms with Gasteiger partial charge < -0.3 is 15.2 Å². The highest BCUT2D eigenvalue weighted by molar-refractivity contribution is 5.83. The molecular weight excluding hydrogens is 436 g/mol. The molecule has 176 valence electrons. The van der Waals surface area contributed by atoms with Crippen molar-refractivity contribution < 1.29 is 8.78 Å². The maximum atomic E-state index is 14.9. The molecule has 9 heteroatoms. The number of pyridine rings is 1. The van der Waals surface area contributed by atoms with Gasteiger partial charge in [0.15, 0.2) is 11.6 Å². The molecule has 1 saturated heterocycles. The average molecular weight is 464 g/mol. The fourth-order valence-corrected chi connectivity index (χ4v) is 4.68. The molecule has 5 rings (SSSR count). The van der Waals surface area contributed by atoms with Crippen molar-refractivity contribution in [1.82, 2.24) is 29.8 Å². The Labute approximate surface area is 196 Å². The van der Waals surface area contributed by atoms with Crippen molar-refractivity contribution in [3.05, 3.63) is 59.7 Å². The lowest BCUT2D eigenvalue weighted by Crippen LogP contribution is -2.26. The van der Waals surface area contributed by atoms with Crippen molar-refractivity contribution in [1.29, 1.82) is 0 Å². The Morgan fingerprint density at radius 3 is 2.53 bits per heavy atom. The van der Waals surface area contributed by atoms with Gasteiger partial charge in [0.2, 0.25) is 5.95 Å². The van der Waals surface area contributed by atoms with E-state index in [0.717, 1.165) is 32.1 Å². The molecular formula is C25H27F2N7. The first-order valence-corrected chi connectivity index (χ1v) is 11.6. The molecule has 1 fully saturated rings. The van der Waals surface area contributed by atoms with E-state index < -0.39 is 11.6 Å². The molecule has 34 heavy (non-hydrogen) atoms. The first-order valence-electron chi connectivity index (χ1n) is 11.6. The SMILES string of the molecule is Cc1nc2c(F)cc(-c3nc(Nc4ccc(C5CCNCC5)cn4)ncc3F)cc2n1C(C)C. The zero-order valence-electron chi connectivity index (χ0n) is 19.4. The number of aromatic nitrogens is 5. The number of rotatable bonds is 5. The fourth-order valence-electron chi connectivity index (χ4n) is 4.68. The minimum atomic E-state index is -0.633. The van der Waals surface area contributed by atoms with E-state index >= 15 is 0 Å². The smallest absolute Gasteiger partial charge is 0.229 e. The van der Waals surface area contributed by atoms with Crippen LogP contribution in [0.4, 0.5) is 20.5 Å². The summed E-state index contributed by atoms with van der Waals surface area (Å²) in [4.78, 5) is 17.2. The molecule has 1 aliphatic heterocycles. The fraction of sp³-hybridized carbons (Fsp3) is 0.360. The van der Waals surface area contributed by atoms with E-state index in [2.05, 4.69) is 36.6 Å². The Morgan fingerprint density at radius 1 is 1.03 bits per heavy atom. The van der Waals surface area contributed by atoms with E-state index in [9.17, 15) is 8.78 Å². The lowest BCUT2D eigenvalue weighted by atomic mass is 9.91. The Kier molecular flexibility index (Phi) is 5.95. The van der Waals surface area contributed by atoms with Crippen LogP contribution in [-0.2, 0) is 0 Å². The molecule has 2 N–H and O–H groups in total. The van der Waals surface area contributed by atoms with Crippen LogP contribution in [0.3, 0.4) is 0 Å². The van der Waals surface area contributed by atoms with Crippen molar-refractivity contribution in [3.8, 4) is 11.3 Å². The Morgan fingerprint density at radius 2 is 1.82 bits per heavy atom. The highest BCUT2D eigenvalue weighted by Gasteiger charge is 2.19. The number of fused-ring (bicyclic) bond motifs is 1. The number of hydrogen-bond acceptors (Lipinski definition) is 6. The maximum Gasteiger partial charge on any atom is 0.229 e. The second-order valence-corrected chi connectivity index (χ2v) is 8.96. The molecule has 1 aliphatic rings. The predicted octanol–water partition coefficient (Wildman–Crippen LogP) is 5.27. The van der Waals surface area contributed by atoms with Crippen molar-refractivity contribution in [2.45, 2.75) is 45.6 Å². The molecule has 3 aromatic heterocycles. The maximum absolute atomic E-state index is 14.9. The standard InChI is InChI=1S/C25H27F2N7/c1-14(2)34-15(3)31-24-19(26)10-18(11-21(24)34)23-20(27)13-30-25(33-23)32-22-5-4-17(12-29-22)16-6-8-28-9-7-16/h4-5,10-14,16,28H,6-9H2,1-3H3,(H,29,30,32,33). The van der Waals surface area contributed by atoms with Gasteiger partial charge in [0, 0.05) is 17.8 Å². The van der Waals surface area contributed by atoms with Crippen LogP contribution in [0.1, 0.15) is 50.0 Å². The van der Waals surface area contributed by atoms with Gasteiger partial charge >= 0.3 is 0 Å². The first kappa shape index (κ1) is 22.3. The molecule has 0 atom stereocenters. The normalized spacial score (nSPS) is 14.8. The lowest BCUT2D eigenvalue weighted by Gasteiger charge is -2.22. The molecule has 4 heterocycles. The molecule has 7 nitrogen and oxygen atoms in total. The number of hydrogen-bond donors (Lipinski definition) is 2. The van der Waals surface area contributed by atoms with Crippen LogP contribution in [0.5, 0.6) is 0 Å². The van der Waals surface area contributed by atoms with Crippen LogP contribution in [0.2, 0.25) is 0 Å². The van der Waals surface area contributed by atoms with Gasteiger partial charge in [-0.2, -0.15) is 0 Å². The van der Waals surface area contributed by atoms with Crippen molar-refractivity contribution >= 4 is 22.8 Å². The Hall–Kier alpha value is -3.46. The summed E-state index contributed by atoms with van der Waals surface area (Å²) in [5.41, 5.74) is 2.40. The van der Waals surface area contributed by atoms with Gasteiger partial charge in [-0.3, -0.25) is 0 Å². The van der Waals surface area contributed by atoms with Crippen LogP contribution in [0.25, 0.3) is 22.3 Å². The first-order chi connectivity index (χ1) is 16.4. The summed E-state index contributed by atoms with van der Waals surface area (Å²) in [6, 6.07) is 6.99. The summed E-state index contributed by atoms with van der Waals surface area (Å²) in [6.07, 6.45) is 5.13. The van der Waals surface area contributed by atoms with E-state index in [1.165, 1.54) is 11.6 Å². The number of nitrogens with one attached hydrogen (secondary N) is 2. The molecule has 0 aliphatic carbocycles. The van der Waals surface area contributed by atoms with Crippen molar-refractivity contribution in [2.75, 3.05) is 18.4 Å². The number of benzene rings is 1. The summed E-state index contributed by atoms with van der Waals surface area (Å²) in [5.74, 6) is 0.802. The van der Waals surface area contributed by atoms with Crippen LogP contribution in [0, 0.1) is 18.6 Å². The van der Waals surface area contributed by atoms with Gasteiger partial charge in [0.1, 0.15) is 22.9 Å². The topological polar surface area (TPSA) is 80.6 Å². The number of imidazole rings is 1. The summed E-state index contributed by atoms with van der Waals surface area (Å²) < 4.78 is 31.5. The predicted molar refractivity (Wildman–Crippen MR) is 128 cm³/mol. The van der Waals surface area contributed by atoms with Crippen molar-refractivity contribution in [2.24, 2.45) is 0 Å². The van der Waals surface area contributed by atoms with Gasteiger partial charge in [0.25, 0.3) is 0 Å². The highest BCUT2D eigenvalue weighted by Crippen LogP contribution is 2.31. The highest BCUT2D eigenvalue weighted by atomic mass is 19.1. The summed E-state index contributed by atoms with van der Waals surface area (Å²) in [6.45, 7) is 7.85. The quantitative estimate of drug-likeness (QED) is 0.420. The molecule has 4 aromatic rings. The summed E-state index contributed by atoms with van der Waals surface area (Å²) >= 11 is 0. The minimum absolute atomic E-state index is 0.0128. The largest absolute Gasteiger partial charge is 0.326 e. The van der Waals surface area contributed by atoms with Crippen LogP contribution < -0.4 is 10.6 Å². The lowest BCUT2D eigenvalue weighted by molar-refractivity contribution is 0.459.